The Bertz CT molecular complexity index is 3800. The third-order valence-corrected chi connectivity index (χ3v) is 19.6. The molecule has 3 unspecified atom stereocenters. The second kappa shape index (κ2) is 29.6. The molecule has 2 aromatic rings. The van der Waals surface area contributed by atoms with Crippen molar-refractivity contribution in [3.8, 4) is 34.3 Å². The number of hydrogen-bond donors (Lipinski definition) is 14. The van der Waals surface area contributed by atoms with Crippen molar-refractivity contribution in [1.29, 1.82) is 10.8 Å². The minimum Gasteiger partial charge on any atom is -0.478 e. The van der Waals surface area contributed by atoms with Crippen molar-refractivity contribution in [3.63, 3.8) is 0 Å². The molecule has 3 heterocycles. The summed E-state index contributed by atoms with van der Waals surface area (Å²) in [5.41, 5.74) is 12.1. The van der Waals surface area contributed by atoms with Gasteiger partial charge in [-0.1, -0.05) is 38.5 Å². The van der Waals surface area contributed by atoms with E-state index < -0.39 is 143 Å². The van der Waals surface area contributed by atoms with Gasteiger partial charge in [0.1, 0.15) is 30.8 Å². The monoisotopic (exact) mass is 1340 g/mol. The molecule has 4 aliphatic rings. The number of carbonyl (C=O) groups excluding carboxylic acids is 3. The number of fused-ring (bicyclic) bond motifs is 2. The first kappa shape index (κ1) is 68.9. The van der Waals surface area contributed by atoms with E-state index >= 15 is 0 Å². The number of amides is 5. The molecule has 1 aliphatic carbocycles. The first-order valence-electron chi connectivity index (χ1n) is 24.3. The first-order chi connectivity index (χ1) is 40.3. The van der Waals surface area contributed by atoms with Crippen LogP contribution >= 0.6 is 45.1 Å². The smallest absolute Gasteiger partial charge is 0.478 e. The lowest BCUT2D eigenvalue weighted by molar-refractivity contribution is -0.0740. The van der Waals surface area contributed by atoms with Gasteiger partial charge in [0.25, 0.3) is 26.1 Å². The van der Waals surface area contributed by atoms with Crippen LogP contribution in [-0.2, 0) is 61.3 Å². The molecule has 6 rings (SSSR count). The number of hydrogen-bond acceptors (Lipinski definition) is 24. The largest absolute Gasteiger partial charge is 0.490 e. The van der Waals surface area contributed by atoms with Gasteiger partial charge in [-0.05, 0) is 72.8 Å². The van der Waals surface area contributed by atoms with Gasteiger partial charge >= 0.3 is 41.5 Å². The molecule has 15 N–H and O–H groups in total. The van der Waals surface area contributed by atoms with Crippen molar-refractivity contribution in [2.24, 2.45) is 11.0 Å². The quantitative estimate of drug-likeness (QED) is 0.00315. The number of amidine groups is 1. The highest BCUT2D eigenvalue weighted by atomic mass is 33.1. The summed E-state index contributed by atoms with van der Waals surface area (Å²) in [6.45, 7) is -1.08. The van der Waals surface area contributed by atoms with Gasteiger partial charge < -0.3 is 65.0 Å². The minimum atomic E-state index is -5.84. The Balaban J connectivity index is 0.897. The summed E-state index contributed by atoms with van der Waals surface area (Å²) in [5.74, 6) is 2.00. The molecule has 0 spiro atoms. The van der Waals surface area contributed by atoms with E-state index in [4.69, 9.17) is 50.5 Å². The van der Waals surface area contributed by atoms with Crippen molar-refractivity contribution in [1.82, 2.24) is 26.2 Å². The van der Waals surface area contributed by atoms with Crippen molar-refractivity contribution >= 4 is 112 Å². The van der Waals surface area contributed by atoms with Gasteiger partial charge in [-0.2, -0.15) is 25.5 Å². The van der Waals surface area contributed by atoms with Crippen LogP contribution in [0.15, 0.2) is 61.8 Å². The number of carboxylic acids is 1. The number of nitrogen functional groups attached to an aromatic ring is 1. The van der Waals surface area contributed by atoms with Gasteiger partial charge in [-0.3, -0.25) is 39.5 Å². The van der Waals surface area contributed by atoms with E-state index in [2.05, 4.69) is 56.3 Å². The molecule has 3 aliphatic heterocycles. The van der Waals surface area contributed by atoms with Gasteiger partial charge in [0.05, 0.1) is 41.8 Å². The summed E-state index contributed by atoms with van der Waals surface area (Å²) in [4.78, 5) is 89.7. The molecule has 2 aromatic carbocycles. The molecule has 43 heteroatoms. The average Bonchev–Trinajstić information content (AvgIpc) is 1.01. The third-order valence-electron chi connectivity index (χ3n) is 11.8. The van der Waals surface area contributed by atoms with Crippen LogP contribution in [0.1, 0.15) is 46.4 Å². The number of phosphoric acid groups is 3. The maximum Gasteiger partial charge on any atom is 0.490 e. The van der Waals surface area contributed by atoms with E-state index in [9.17, 15) is 73.7 Å². The van der Waals surface area contributed by atoms with Crippen LogP contribution in [0.3, 0.4) is 0 Å². The number of benzene rings is 3. The Hall–Kier alpha value is -6.24. The summed E-state index contributed by atoms with van der Waals surface area (Å²) < 4.78 is 140. The molecule has 2 saturated heterocycles. The van der Waals surface area contributed by atoms with Crippen LogP contribution in [0.2, 0.25) is 0 Å². The number of rotatable bonds is 29. The predicted molar refractivity (Wildman–Crippen MR) is 300 cm³/mol. The molecule has 0 radical (unpaired) electrons. The number of nitrogens with zero attached hydrogens (tertiary/aromatic N) is 4. The van der Waals surface area contributed by atoms with E-state index in [1.807, 2.05) is 0 Å². The highest BCUT2D eigenvalue weighted by Crippen LogP contribution is 2.66. The zero-order chi connectivity index (χ0) is 63.4. The number of aromatic carboxylic acids is 1. The van der Waals surface area contributed by atoms with Crippen LogP contribution in [0.4, 0.5) is 15.3 Å². The zero-order valence-electron chi connectivity index (χ0n) is 43.9. The highest BCUT2D eigenvalue weighted by Gasteiger charge is 2.46. The van der Waals surface area contributed by atoms with Crippen LogP contribution in [0.5, 0.6) is 0 Å². The lowest BCUT2D eigenvalue weighted by Gasteiger charge is -2.35. The number of phosphoric ester groups is 1. The zero-order valence-corrected chi connectivity index (χ0v) is 49.8. The first-order valence-corrected chi connectivity index (χ1v) is 34.2. The summed E-state index contributed by atoms with van der Waals surface area (Å²) >= 11 is 0. The number of ether oxygens (including phenoxy) is 3. The molecule has 468 valence electrons. The number of urea groups is 2. The number of carboxylic acid groups (broad SMARTS) is 1. The fraction of sp³-hybridized carbons (Fsp3) is 0.395. The minimum absolute atomic E-state index is 0.0735. The van der Waals surface area contributed by atoms with Gasteiger partial charge in [0.2, 0.25) is 0 Å². The lowest BCUT2D eigenvalue weighted by Crippen LogP contribution is -2.57. The molecule has 36 nitrogen and oxygen atoms in total. The fourth-order valence-corrected chi connectivity index (χ4v) is 14.4. The summed E-state index contributed by atoms with van der Waals surface area (Å²) in [6, 6.07) is 6.55. The molecule has 86 heavy (non-hydrogen) atoms. The van der Waals surface area contributed by atoms with Gasteiger partial charge in [0, 0.05) is 65.4 Å². The van der Waals surface area contributed by atoms with E-state index in [0.717, 1.165) is 23.1 Å². The predicted octanol–water partition coefficient (Wildman–Crippen LogP) is 3.75. The molecular weight excluding hydrogens is 1290 g/mol. The van der Waals surface area contributed by atoms with Crippen molar-refractivity contribution in [2.75, 3.05) is 63.5 Å². The maximum atomic E-state index is 13.4. The van der Waals surface area contributed by atoms with Crippen LogP contribution in [-0.4, -0.2) is 162 Å². The number of azide groups is 1. The topological polar surface area (TPSA) is 572 Å². The molecule has 0 saturated carbocycles. The van der Waals surface area contributed by atoms with Gasteiger partial charge in [-0.25, -0.2) is 28.1 Å². The number of anilines is 1. The van der Waals surface area contributed by atoms with E-state index in [1.54, 1.807) is 0 Å². The van der Waals surface area contributed by atoms with Crippen LogP contribution < -0.4 is 32.4 Å². The molecule has 0 aromatic heterocycles. The average molecular weight is 1340 g/mol. The second-order valence-electron chi connectivity index (χ2n) is 17.8. The second-order valence-corrected chi connectivity index (χ2v) is 27.4. The Morgan fingerprint density at radius 1 is 0.930 bits per heavy atom. The molecule has 2 fully saturated rings. The Labute approximate surface area is 493 Å². The Morgan fingerprint density at radius 3 is 2.35 bits per heavy atom. The van der Waals surface area contributed by atoms with E-state index in [1.165, 1.54) is 45.9 Å². The third kappa shape index (κ3) is 19.1. The fourth-order valence-electron chi connectivity index (χ4n) is 8.29. The van der Waals surface area contributed by atoms with Gasteiger partial charge in [0.15, 0.2) is 21.1 Å². The number of nitrogens with two attached hydrogens (primary N) is 1. The molecule has 5 amide bonds. The lowest BCUT2D eigenvalue weighted by atomic mass is 9.89. The summed E-state index contributed by atoms with van der Waals surface area (Å²) in [7, 11) is -24.8. The number of nitrogens with one attached hydrogen (secondary N) is 6. The van der Waals surface area contributed by atoms with Crippen molar-refractivity contribution < 1.29 is 115 Å². The summed E-state index contributed by atoms with van der Waals surface area (Å²) in [6.07, 6.45) is -1.89. The van der Waals surface area contributed by atoms with E-state index in [-0.39, 0.29) is 59.5 Å². The summed E-state index contributed by atoms with van der Waals surface area (Å²) in [5, 5.41) is 39.2. The SMILES string of the molecule is [N-]=[N+]=NCO[C@H]1C[C@H](N2CC(C#CCNC(=O)NCCCCCOCSSCCNC(=O)c3ccc(C(=O)O)c(-c4c5ccc(=N)c(S(=O)(=O)O)c-5oc5c(S(=O)(=O)O)c(N)ccc45)c3)C(=N)NC2=O)O[C@@H]1COP(=O)(O)OP(=O)(O)OP(=O)(O)O. The number of unbranched alkanes of at least 4 members (excludes halogenated alkanes) is 2. The van der Waals surface area contributed by atoms with Crippen LogP contribution in [0.25, 0.3) is 43.9 Å². The normalized spacial score (nSPS) is 18.7. The van der Waals surface area contributed by atoms with Crippen LogP contribution in [0, 0.1) is 28.6 Å². The Morgan fingerprint density at radius 2 is 1.66 bits per heavy atom. The van der Waals surface area contributed by atoms with E-state index in [0.29, 0.717) is 44.1 Å². The molecule has 6 atom stereocenters. The Kier molecular flexibility index (Phi) is 23.7. The van der Waals surface area contributed by atoms with Crippen molar-refractivity contribution in [2.45, 2.75) is 53.9 Å². The maximum absolute atomic E-state index is 13.4. The molecular formula is C43H52N11O25P3S4. The van der Waals surface area contributed by atoms with Crippen molar-refractivity contribution in [3.05, 3.63) is 69.4 Å². The molecule has 0 bridgehead atoms. The highest BCUT2D eigenvalue weighted by molar-refractivity contribution is 8.76. The number of carbonyl (C=O) groups is 4. The standard InChI is InChI=1S/C43H52N11O25P3S4/c44-29-10-8-26-34(27-9-11-30(45)38(86(70,71)72)36(27)77-35(26)37(29)85(67,68)69)28-17-23(6-7-25(28)41(56)57)40(55)48-14-16-83-84-22-73-15-3-1-2-12-49-42(58)50-13-4-5-24-19-54(43(59)52-39(24)46)33-18-31(74-21-51-53-47)32(76-33)20-75-81(63,64)79-82(65,66)78-80(60,61)62/h6-11,17,24,31-33,44H,1-3,12-16,18-22,45H2,(H,48,55)(H,56,57)(H,63,64)(H,65,66)(H2,46,52,59)(H2,49,50,58)(H2,60,61,62)(H,67,68,69)(H,70,71,72)/t24?,31-,32+,33+/m0/s1. The van der Waals surface area contributed by atoms with Gasteiger partial charge in [-0.15, -0.1) is 0 Å².